The Kier molecular flexibility index (Phi) is 8.99. The lowest BCUT2D eigenvalue weighted by molar-refractivity contribution is -0.143. The number of rotatable bonds is 4. The molecular formula is C42H30Cl2F6N4O5S. The molecule has 0 spiro atoms. The summed E-state index contributed by atoms with van der Waals surface area (Å²) in [7, 11) is 1.58. The number of thiophene rings is 1. The van der Waals surface area contributed by atoms with Crippen molar-refractivity contribution in [3.8, 4) is 16.3 Å². The Hall–Kier alpha value is -5.19. The number of anilines is 2. The number of hydrogen-bond donors (Lipinski definition) is 1. The molecule has 18 heteroatoms. The van der Waals surface area contributed by atoms with Crippen molar-refractivity contribution in [2.45, 2.75) is 45.0 Å². The number of allylic oxidation sites excluding steroid dienone is 2. The molecule has 9 rings (SSSR count). The van der Waals surface area contributed by atoms with Gasteiger partial charge in [-0.3, -0.25) is 23.9 Å². The van der Waals surface area contributed by atoms with Crippen molar-refractivity contribution in [1.82, 2.24) is 9.78 Å². The molecule has 60 heavy (non-hydrogen) atoms. The van der Waals surface area contributed by atoms with Gasteiger partial charge in [-0.1, -0.05) is 40.9 Å². The van der Waals surface area contributed by atoms with E-state index in [1.807, 2.05) is 19.1 Å². The lowest BCUT2D eigenvalue weighted by Gasteiger charge is -2.49. The Morgan fingerprint density at radius 1 is 0.850 bits per heavy atom. The quantitative estimate of drug-likeness (QED) is 0.109. The predicted octanol–water partition coefficient (Wildman–Crippen LogP) is 10.1. The minimum absolute atomic E-state index is 0.0320. The van der Waals surface area contributed by atoms with Crippen molar-refractivity contribution < 1.29 is 50.6 Å². The number of benzene rings is 3. The van der Waals surface area contributed by atoms with Crippen LogP contribution in [0.1, 0.15) is 47.9 Å². The second-order valence-corrected chi connectivity index (χ2v) is 17.7. The molecular weight excluding hydrogens is 857 g/mol. The first-order valence-electron chi connectivity index (χ1n) is 18.6. The predicted molar refractivity (Wildman–Crippen MR) is 210 cm³/mol. The van der Waals surface area contributed by atoms with Gasteiger partial charge >= 0.3 is 12.4 Å². The van der Waals surface area contributed by atoms with E-state index in [4.69, 9.17) is 23.2 Å². The molecule has 3 fully saturated rings. The number of aromatic hydroxyl groups is 1. The fraction of sp³-hybridized carbons (Fsp3) is 0.310. The van der Waals surface area contributed by atoms with E-state index >= 15 is 4.79 Å². The van der Waals surface area contributed by atoms with Gasteiger partial charge in [-0.2, -0.15) is 31.4 Å². The molecule has 6 atom stereocenters. The number of fused-ring (bicyclic) bond motifs is 5. The number of phenols is 1. The molecule has 4 heterocycles. The fourth-order valence-corrected chi connectivity index (χ4v) is 11.5. The van der Waals surface area contributed by atoms with Gasteiger partial charge < -0.3 is 5.11 Å². The number of aryl methyl sites for hydroxylation is 2. The largest absolute Gasteiger partial charge is 0.508 e. The Morgan fingerprint density at radius 2 is 1.53 bits per heavy atom. The monoisotopic (exact) mass is 886 g/mol. The summed E-state index contributed by atoms with van der Waals surface area (Å²) < 4.78 is 85.8. The number of aromatic nitrogens is 2. The van der Waals surface area contributed by atoms with E-state index in [0.29, 0.717) is 38.9 Å². The lowest BCUT2D eigenvalue weighted by atomic mass is 9.51. The number of alkyl halides is 6. The van der Waals surface area contributed by atoms with Gasteiger partial charge in [0, 0.05) is 33.8 Å². The van der Waals surface area contributed by atoms with Crippen LogP contribution in [0.2, 0.25) is 10.0 Å². The summed E-state index contributed by atoms with van der Waals surface area (Å²) in [4.78, 5) is 60.6. The Labute approximate surface area is 350 Å². The van der Waals surface area contributed by atoms with E-state index < -0.39 is 87.8 Å². The molecule has 5 aromatic rings. The maximum Gasteiger partial charge on any atom is 0.416 e. The number of phenolic OH excluding ortho intramolecular Hbond substituents is 1. The van der Waals surface area contributed by atoms with Crippen molar-refractivity contribution in [1.29, 1.82) is 0 Å². The number of carbonyl (C=O) groups excluding carboxylic acids is 4. The van der Waals surface area contributed by atoms with Gasteiger partial charge in [0.15, 0.2) is 0 Å². The second kappa shape index (κ2) is 13.4. The van der Waals surface area contributed by atoms with Crippen molar-refractivity contribution >= 4 is 79.8 Å². The highest BCUT2D eigenvalue weighted by molar-refractivity contribution is 7.22. The summed E-state index contributed by atoms with van der Waals surface area (Å²) in [5, 5.41) is 16.5. The van der Waals surface area contributed by atoms with Crippen LogP contribution >= 0.6 is 34.5 Å². The van der Waals surface area contributed by atoms with Crippen LogP contribution < -0.4 is 9.80 Å². The summed E-state index contributed by atoms with van der Waals surface area (Å²) in [6.07, 6.45) is -9.14. The summed E-state index contributed by atoms with van der Waals surface area (Å²) in [5.41, 5.74) is -3.70. The molecule has 1 N–H and O–H groups in total. The normalized spacial score (nSPS) is 25.6. The SMILES string of the molecule is Cc1c(-c2cc(N3C(=O)[C@@H]4C[C@@H]5C(=CC[C@@H]6C(=O)N(c7cc(C(F)(F)F)cc(C(F)(F)F)c7)C(=O)[C@@H]65)[C@H](c5ccc(O)cc5Cl)[C@]4(C)C3=O)n(C)n2)sc2ccc(Cl)cc12. The van der Waals surface area contributed by atoms with Crippen molar-refractivity contribution in [2.75, 3.05) is 9.80 Å². The maximum atomic E-state index is 15.1. The highest BCUT2D eigenvalue weighted by atomic mass is 35.5. The van der Waals surface area contributed by atoms with E-state index in [1.54, 1.807) is 32.2 Å². The number of amides is 4. The third kappa shape index (κ3) is 5.84. The molecule has 2 aromatic heterocycles. The van der Waals surface area contributed by atoms with Crippen molar-refractivity contribution in [2.24, 2.45) is 36.1 Å². The molecule has 1 saturated carbocycles. The first-order valence-corrected chi connectivity index (χ1v) is 20.2. The van der Waals surface area contributed by atoms with Gasteiger partial charge in [-0.15, -0.1) is 11.3 Å². The molecule has 0 unspecified atom stereocenters. The first-order chi connectivity index (χ1) is 28.1. The number of nitrogens with zero attached hydrogens (tertiary/aromatic N) is 4. The molecule has 2 aliphatic carbocycles. The molecule has 310 valence electrons. The second-order valence-electron chi connectivity index (χ2n) is 15.9. The van der Waals surface area contributed by atoms with Gasteiger partial charge in [-0.05, 0) is 97.7 Å². The highest BCUT2D eigenvalue weighted by Gasteiger charge is 2.68. The third-order valence-corrected chi connectivity index (χ3v) is 14.5. The van der Waals surface area contributed by atoms with E-state index in [9.17, 15) is 45.8 Å². The topological polar surface area (TPSA) is 113 Å². The zero-order valence-electron chi connectivity index (χ0n) is 31.5. The number of hydrogen-bond acceptors (Lipinski definition) is 7. The zero-order valence-corrected chi connectivity index (χ0v) is 33.8. The van der Waals surface area contributed by atoms with Crippen LogP contribution in [0.25, 0.3) is 20.7 Å². The van der Waals surface area contributed by atoms with E-state index in [1.165, 1.54) is 34.2 Å². The van der Waals surface area contributed by atoms with Gasteiger partial charge in [0.05, 0.1) is 44.9 Å². The molecule has 4 aliphatic rings. The maximum absolute atomic E-state index is 15.1. The van der Waals surface area contributed by atoms with Crippen molar-refractivity contribution in [3.05, 3.63) is 105 Å². The summed E-state index contributed by atoms with van der Waals surface area (Å²) in [5.74, 6) is -8.98. The highest BCUT2D eigenvalue weighted by Crippen LogP contribution is 2.64. The number of halogens is 8. The number of imide groups is 2. The van der Waals surface area contributed by atoms with Gasteiger partial charge in [0.25, 0.3) is 0 Å². The standard InChI is InChI=1S/C42H30Cl2F6N4O5S/c1-17-26-13-20(43)4-9-31(26)60-35(17)30-16-32(52(3)51-30)54-37(57)28-15-27-23(34(40(28,2)39(54)59)24-6-5-22(55)14-29(24)44)7-8-25-33(27)38(58)53(36(25)56)21-11-18(41(45,46)47)10-19(12-21)42(48,49)50/h4-7,9-14,16,25,27-28,33-34,55H,8,15H2,1-3H3/t25-,27+,28-,33-,34+,40+/m0/s1. The average molecular weight is 888 g/mol. The van der Waals surface area contributed by atoms with E-state index in [0.717, 1.165) is 25.4 Å². The zero-order chi connectivity index (χ0) is 43.1. The number of carbonyl (C=O) groups is 4. The van der Waals surface area contributed by atoms with Crippen LogP contribution in [0.3, 0.4) is 0 Å². The third-order valence-electron chi connectivity index (χ3n) is 12.6. The summed E-state index contributed by atoms with van der Waals surface area (Å²) >= 11 is 14.5. The first kappa shape index (κ1) is 40.2. The average Bonchev–Trinajstić information content (AvgIpc) is 3.84. The molecule has 2 saturated heterocycles. The fourth-order valence-electron chi connectivity index (χ4n) is 9.87. The Morgan fingerprint density at radius 3 is 2.18 bits per heavy atom. The molecule has 2 aliphatic heterocycles. The molecule has 4 amide bonds. The summed E-state index contributed by atoms with van der Waals surface area (Å²) in [6.45, 7) is 3.52. The Balaban J connectivity index is 1.15. The minimum Gasteiger partial charge on any atom is -0.508 e. The molecule has 0 radical (unpaired) electrons. The Bertz CT molecular complexity index is 2750. The van der Waals surface area contributed by atoms with Gasteiger partial charge in [-0.25, -0.2) is 9.80 Å². The minimum atomic E-state index is -5.24. The van der Waals surface area contributed by atoms with Crippen LogP contribution in [-0.2, 0) is 38.6 Å². The van der Waals surface area contributed by atoms with E-state index in [-0.39, 0.29) is 35.5 Å². The lowest BCUT2D eigenvalue weighted by Crippen LogP contribution is -2.49. The summed E-state index contributed by atoms with van der Waals surface area (Å²) in [6, 6.07) is 11.8. The van der Waals surface area contributed by atoms with Crippen LogP contribution in [0, 0.1) is 36.0 Å². The van der Waals surface area contributed by atoms with Crippen LogP contribution in [0.15, 0.2) is 72.3 Å². The smallest absolute Gasteiger partial charge is 0.416 e. The molecule has 3 aromatic carbocycles. The van der Waals surface area contributed by atoms with Crippen LogP contribution in [0.4, 0.5) is 37.8 Å². The van der Waals surface area contributed by atoms with Crippen LogP contribution in [0.5, 0.6) is 5.75 Å². The van der Waals surface area contributed by atoms with Gasteiger partial charge in [0.1, 0.15) is 17.3 Å². The van der Waals surface area contributed by atoms with E-state index in [2.05, 4.69) is 5.10 Å². The van der Waals surface area contributed by atoms with Crippen LogP contribution in [-0.4, -0.2) is 38.5 Å². The molecule has 9 nitrogen and oxygen atoms in total. The van der Waals surface area contributed by atoms with Crippen molar-refractivity contribution in [3.63, 3.8) is 0 Å². The molecule has 0 bridgehead atoms. The van der Waals surface area contributed by atoms with Gasteiger partial charge in [0.2, 0.25) is 23.6 Å².